The fraction of sp³-hybridized carbons (Fsp3) is 0.182. The van der Waals surface area contributed by atoms with E-state index in [1.165, 1.54) is 0 Å². The number of imidazole rings is 1. The van der Waals surface area contributed by atoms with Crippen molar-refractivity contribution >= 4 is 28.5 Å². The lowest BCUT2D eigenvalue weighted by molar-refractivity contribution is -0.121. The summed E-state index contributed by atoms with van der Waals surface area (Å²) in [6.45, 7) is 2.64. The molecule has 29 heavy (non-hydrogen) atoms. The van der Waals surface area contributed by atoms with Crippen molar-refractivity contribution in [3.05, 3.63) is 83.0 Å². The molecule has 4 aromatic rings. The van der Waals surface area contributed by atoms with Gasteiger partial charge in [-0.3, -0.25) is 4.79 Å². The van der Waals surface area contributed by atoms with Crippen LogP contribution in [0, 0.1) is 6.92 Å². The van der Waals surface area contributed by atoms with Gasteiger partial charge in [-0.25, -0.2) is 4.98 Å². The molecular formula is C22H20ClN3O3. The zero-order valence-corrected chi connectivity index (χ0v) is 16.6. The normalized spacial score (nSPS) is 11.0. The first-order chi connectivity index (χ1) is 14.1. The molecule has 2 heterocycles. The zero-order valence-electron chi connectivity index (χ0n) is 15.9. The van der Waals surface area contributed by atoms with Crippen molar-refractivity contribution in [2.24, 2.45) is 0 Å². The minimum Gasteiger partial charge on any atom is -0.486 e. The molecule has 0 atom stereocenters. The maximum atomic E-state index is 12.5. The number of carbonyl (C=O) groups is 1. The molecule has 0 aliphatic carbocycles. The molecule has 6 nitrogen and oxygen atoms in total. The minimum atomic E-state index is -0.131. The summed E-state index contributed by atoms with van der Waals surface area (Å²) < 4.78 is 13.0. The lowest BCUT2D eigenvalue weighted by Crippen LogP contribution is -2.27. The molecule has 2 aromatic carbocycles. The fourth-order valence-corrected chi connectivity index (χ4v) is 3.18. The number of rotatable bonds is 7. The lowest BCUT2D eigenvalue weighted by Gasteiger charge is -2.11. The number of carbonyl (C=O) groups excluding carboxylic acids is 1. The van der Waals surface area contributed by atoms with Gasteiger partial charge >= 0.3 is 0 Å². The van der Waals surface area contributed by atoms with Crippen molar-refractivity contribution in [1.29, 1.82) is 0 Å². The predicted molar refractivity (Wildman–Crippen MR) is 111 cm³/mol. The van der Waals surface area contributed by atoms with E-state index in [9.17, 15) is 4.79 Å². The van der Waals surface area contributed by atoms with Crippen LogP contribution in [0.25, 0.3) is 11.0 Å². The van der Waals surface area contributed by atoms with Gasteiger partial charge in [0.2, 0.25) is 5.91 Å². The maximum absolute atomic E-state index is 12.5. The van der Waals surface area contributed by atoms with Gasteiger partial charge < -0.3 is 19.0 Å². The van der Waals surface area contributed by atoms with Crippen molar-refractivity contribution in [1.82, 2.24) is 14.9 Å². The summed E-state index contributed by atoms with van der Waals surface area (Å²) in [7, 11) is 0. The topological polar surface area (TPSA) is 69.3 Å². The van der Waals surface area contributed by atoms with Crippen molar-refractivity contribution in [2.45, 2.75) is 26.6 Å². The number of hydrogen-bond donors (Lipinski definition) is 1. The monoisotopic (exact) mass is 409 g/mol. The van der Waals surface area contributed by atoms with Gasteiger partial charge in [0.1, 0.15) is 30.5 Å². The molecule has 0 aliphatic rings. The Morgan fingerprint density at radius 1 is 1.21 bits per heavy atom. The largest absolute Gasteiger partial charge is 0.486 e. The van der Waals surface area contributed by atoms with Crippen LogP contribution < -0.4 is 10.1 Å². The Morgan fingerprint density at radius 2 is 2.07 bits per heavy atom. The standard InChI is InChI=1S/C22H20ClN3O3/c1-15-11-16(8-9-18(15)23)29-14-21-25-19-6-2-3-7-20(19)26(21)13-22(27)24-12-17-5-4-10-28-17/h2-11H,12-14H2,1H3,(H,24,27). The molecule has 0 bridgehead atoms. The van der Waals surface area contributed by atoms with Crippen molar-refractivity contribution in [3.8, 4) is 5.75 Å². The second-order valence-electron chi connectivity index (χ2n) is 6.66. The minimum absolute atomic E-state index is 0.131. The van der Waals surface area contributed by atoms with Crippen LogP contribution in [0.1, 0.15) is 17.1 Å². The number of furan rings is 1. The number of nitrogens with one attached hydrogen (secondary N) is 1. The van der Waals surface area contributed by atoms with Crippen molar-refractivity contribution < 1.29 is 13.9 Å². The number of hydrogen-bond acceptors (Lipinski definition) is 4. The number of halogens is 1. The van der Waals surface area contributed by atoms with E-state index in [0.717, 1.165) is 16.6 Å². The van der Waals surface area contributed by atoms with E-state index in [0.29, 0.717) is 28.9 Å². The molecule has 0 fully saturated rings. The van der Waals surface area contributed by atoms with E-state index in [1.54, 1.807) is 18.4 Å². The molecule has 2 aromatic heterocycles. The number of ether oxygens (including phenoxy) is 1. The lowest BCUT2D eigenvalue weighted by atomic mass is 10.2. The summed E-state index contributed by atoms with van der Waals surface area (Å²) in [5, 5.41) is 3.56. The highest BCUT2D eigenvalue weighted by molar-refractivity contribution is 6.31. The van der Waals surface area contributed by atoms with E-state index >= 15 is 0 Å². The van der Waals surface area contributed by atoms with Gasteiger partial charge in [0.05, 0.1) is 23.8 Å². The summed E-state index contributed by atoms with van der Waals surface area (Å²) >= 11 is 6.08. The molecule has 0 saturated heterocycles. The van der Waals surface area contributed by atoms with Crippen LogP contribution in [-0.2, 0) is 24.5 Å². The van der Waals surface area contributed by atoms with Crippen LogP contribution in [0.2, 0.25) is 5.02 Å². The van der Waals surface area contributed by atoms with Crippen LogP contribution in [0.15, 0.2) is 65.3 Å². The van der Waals surface area contributed by atoms with E-state index < -0.39 is 0 Å². The third kappa shape index (κ3) is 4.43. The van der Waals surface area contributed by atoms with Gasteiger partial charge in [0.15, 0.2) is 0 Å². The Bertz CT molecular complexity index is 1140. The van der Waals surface area contributed by atoms with E-state index in [2.05, 4.69) is 10.3 Å². The number of amides is 1. The Morgan fingerprint density at radius 3 is 2.86 bits per heavy atom. The summed E-state index contributed by atoms with van der Waals surface area (Å²) in [5.74, 6) is 1.95. The maximum Gasteiger partial charge on any atom is 0.240 e. The number of nitrogens with zero attached hydrogens (tertiary/aromatic N) is 2. The molecule has 0 unspecified atom stereocenters. The fourth-order valence-electron chi connectivity index (χ4n) is 3.07. The average molecular weight is 410 g/mol. The summed E-state index contributed by atoms with van der Waals surface area (Å²) in [4.78, 5) is 17.1. The smallest absolute Gasteiger partial charge is 0.240 e. The number of aryl methyl sites for hydroxylation is 1. The number of aromatic nitrogens is 2. The first kappa shape index (κ1) is 19.1. The Labute approximate surface area is 173 Å². The summed E-state index contributed by atoms with van der Waals surface area (Å²) in [6, 6.07) is 16.8. The first-order valence-electron chi connectivity index (χ1n) is 9.22. The van der Waals surface area contributed by atoms with Crippen LogP contribution in [-0.4, -0.2) is 15.5 Å². The number of para-hydroxylation sites is 2. The average Bonchev–Trinajstić information content (AvgIpc) is 3.36. The van der Waals surface area contributed by atoms with Crippen LogP contribution in [0.3, 0.4) is 0 Å². The molecular weight excluding hydrogens is 390 g/mol. The Hall–Kier alpha value is -3.25. The number of fused-ring (bicyclic) bond motifs is 1. The predicted octanol–water partition coefficient (Wildman–Crippen LogP) is 4.49. The molecule has 7 heteroatoms. The van der Waals surface area contributed by atoms with Gasteiger partial charge in [-0.15, -0.1) is 0 Å². The van der Waals surface area contributed by atoms with Gasteiger partial charge in [0, 0.05) is 5.02 Å². The van der Waals surface area contributed by atoms with Crippen LogP contribution >= 0.6 is 11.6 Å². The molecule has 1 amide bonds. The molecule has 1 N–H and O–H groups in total. The second kappa shape index (κ2) is 8.41. The van der Waals surface area contributed by atoms with Gasteiger partial charge in [-0.2, -0.15) is 0 Å². The zero-order chi connectivity index (χ0) is 20.2. The highest BCUT2D eigenvalue weighted by Crippen LogP contribution is 2.23. The Balaban J connectivity index is 1.52. The second-order valence-corrected chi connectivity index (χ2v) is 7.07. The third-order valence-corrected chi connectivity index (χ3v) is 5.00. The van der Waals surface area contributed by atoms with E-state index in [1.807, 2.05) is 54.0 Å². The quantitative estimate of drug-likeness (QED) is 0.488. The third-order valence-electron chi connectivity index (χ3n) is 4.57. The van der Waals surface area contributed by atoms with Crippen LogP contribution in [0.5, 0.6) is 5.75 Å². The molecule has 0 saturated carbocycles. The summed E-state index contributed by atoms with van der Waals surface area (Å²) in [6.07, 6.45) is 1.58. The first-order valence-corrected chi connectivity index (χ1v) is 9.60. The van der Waals surface area contributed by atoms with Crippen molar-refractivity contribution in [3.63, 3.8) is 0 Å². The highest BCUT2D eigenvalue weighted by atomic mass is 35.5. The summed E-state index contributed by atoms with van der Waals surface area (Å²) in [5.41, 5.74) is 2.64. The molecule has 4 rings (SSSR count). The van der Waals surface area contributed by atoms with Crippen molar-refractivity contribution in [2.75, 3.05) is 0 Å². The van der Waals surface area contributed by atoms with Crippen LogP contribution in [0.4, 0.5) is 0 Å². The molecule has 0 aliphatic heterocycles. The van der Waals surface area contributed by atoms with E-state index in [-0.39, 0.29) is 19.1 Å². The van der Waals surface area contributed by atoms with Gasteiger partial charge in [-0.1, -0.05) is 23.7 Å². The van der Waals surface area contributed by atoms with Gasteiger partial charge in [0.25, 0.3) is 0 Å². The Kier molecular flexibility index (Phi) is 5.53. The molecule has 148 valence electrons. The molecule has 0 radical (unpaired) electrons. The van der Waals surface area contributed by atoms with Gasteiger partial charge in [-0.05, 0) is 55.0 Å². The highest BCUT2D eigenvalue weighted by Gasteiger charge is 2.14. The van der Waals surface area contributed by atoms with E-state index in [4.69, 9.17) is 20.8 Å². The number of benzene rings is 2. The molecule has 0 spiro atoms. The SMILES string of the molecule is Cc1cc(OCc2nc3ccccc3n2CC(=O)NCc2ccco2)ccc1Cl.